The summed E-state index contributed by atoms with van der Waals surface area (Å²) in [6, 6.07) is 12.6. The van der Waals surface area contributed by atoms with Crippen molar-refractivity contribution in [3.63, 3.8) is 0 Å². The molecule has 128 valence electrons. The van der Waals surface area contributed by atoms with Gasteiger partial charge in [0.25, 0.3) is 11.6 Å². The first-order valence-corrected chi connectivity index (χ1v) is 7.36. The van der Waals surface area contributed by atoms with Gasteiger partial charge in [0.05, 0.1) is 18.6 Å². The van der Waals surface area contributed by atoms with Crippen LogP contribution in [0, 0.1) is 22.0 Å². The predicted octanol–water partition coefficient (Wildman–Crippen LogP) is 2.42. The summed E-state index contributed by atoms with van der Waals surface area (Å²) in [6.07, 6.45) is 0. The van der Waals surface area contributed by atoms with Crippen LogP contribution in [0.1, 0.15) is 10.4 Å². The number of nitro groups is 1. The molecule has 0 aliphatic rings. The van der Waals surface area contributed by atoms with Crippen LogP contribution in [-0.4, -0.2) is 31.1 Å². The molecule has 0 bridgehead atoms. The van der Waals surface area contributed by atoms with E-state index < -0.39 is 4.92 Å². The van der Waals surface area contributed by atoms with E-state index in [0.29, 0.717) is 17.1 Å². The van der Waals surface area contributed by atoms with Gasteiger partial charge in [0.2, 0.25) is 0 Å². The quantitative estimate of drug-likeness (QED) is 0.495. The molecule has 2 aromatic carbocycles. The number of nitrogens with zero attached hydrogens (tertiary/aromatic N) is 1. The summed E-state index contributed by atoms with van der Waals surface area (Å²) in [7, 11) is 1.56. The van der Waals surface area contributed by atoms with E-state index in [4.69, 9.17) is 9.47 Å². The molecule has 0 aliphatic carbocycles. The van der Waals surface area contributed by atoms with Crippen LogP contribution in [0.25, 0.3) is 0 Å². The number of ether oxygens (including phenoxy) is 2. The number of para-hydroxylation sites is 2. The number of hydrogen-bond donors (Lipinski definition) is 1. The maximum absolute atomic E-state index is 11.9. The molecular formula is C18H16N2O5. The lowest BCUT2D eigenvalue weighted by Crippen LogP contribution is -2.23. The van der Waals surface area contributed by atoms with E-state index in [0.717, 1.165) is 0 Å². The van der Waals surface area contributed by atoms with Crippen molar-refractivity contribution in [1.29, 1.82) is 0 Å². The Morgan fingerprint density at radius 1 is 1.12 bits per heavy atom. The molecule has 0 fully saturated rings. The van der Waals surface area contributed by atoms with E-state index in [9.17, 15) is 14.9 Å². The molecule has 0 saturated carbocycles. The van der Waals surface area contributed by atoms with E-state index in [1.165, 1.54) is 24.3 Å². The second kappa shape index (κ2) is 8.93. The lowest BCUT2D eigenvalue weighted by atomic mass is 10.2. The average molecular weight is 340 g/mol. The third-order valence-electron chi connectivity index (χ3n) is 3.17. The molecule has 2 rings (SSSR count). The molecule has 1 amide bonds. The second-order valence-corrected chi connectivity index (χ2v) is 4.78. The minimum atomic E-state index is -0.519. The number of benzene rings is 2. The number of hydrogen-bond acceptors (Lipinski definition) is 5. The van der Waals surface area contributed by atoms with Crippen LogP contribution in [0.5, 0.6) is 11.5 Å². The number of carbonyl (C=O) groups is 1. The molecule has 0 aromatic heterocycles. The van der Waals surface area contributed by atoms with Gasteiger partial charge in [-0.25, -0.2) is 0 Å². The Hall–Kier alpha value is -3.53. The fraction of sp³-hybridized carbons (Fsp3) is 0.167. The number of methoxy groups -OCH3 is 1. The lowest BCUT2D eigenvalue weighted by molar-refractivity contribution is -0.384. The zero-order valence-electron chi connectivity index (χ0n) is 13.5. The molecule has 0 radical (unpaired) electrons. The zero-order valence-corrected chi connectivity index (χ0v) is 13.5. The van der Waals surface area contributed by atoms with Crippen LogP contribution >= 0.6 is 0 Å². The Labute approximate surface area is 144 Å². The van der Waals surface area contributed by atoms with Gasteiger partial charge in [0, 0.05) is 17.7 Å². The number of nitro benzene ring substituents is 1. The van der Waals surface area contributed by atoms with Crippen LogP contribution in [0.3, 0.4) is 0 Å². The van der Waals surface area contributed by atoms with E-state index >= 15 is 0 Å². The fourth-order valence-electron chi connectivity index (χ4n) is 1.93. The summed E-state index contributed by atoms with van der Waals surface area (Å²) in [5, 5.41) is 13.2. The molecule has 0 heterocycles. The third-order valence-corrected chi connectivity index (χ3v) is 3.17. The van der Waals surface area contributed by atoms with Crippen LogP contribution in [-0.2, 0) is 0 Å². The first-order chi connectivity index (χ1) is 12.1. The SMILES string of the molecule is COc1ccccc1OCC#CCNC(=O)c1ccc([N+](=O)[O-])cc1. The summed E-state index contributed by atoms with van der Waals surface area (Å²) in [4.78, 5) is 21.9. The molecule has 25 heavy (non-hydrogen) atoms. The summed E-state index contributed by atoms with van der Waals surface area (Å²) < 4.78 is 10.6. The van der Waals surface area contributed by atoms with E-state index in [-0.39, 0.29) is 24.7 Å². The molecule has 0 saturated heterocycles. The van der Waals surface area contributed by atoms with Crippen LogP contribution in [0.15, 0.2) is 48.5 Å². The first kappa shape index (κ1) is 17.8. The topological polar surface area (TPSA) is 90.7 Å². The number of carbonyl (C=O) groups excluding carboxylic acids is 1. The highest BCUT2D eigenvalue weighted by Gasteiger charge is 2.08. The van der Waals surface area contributed by atoms with Crippen molar-refractivity contribution in [1.82, 2.24) is 5.32 Å². The highest BCUT2D eigenvalue weighted by atomic mass is 16.6. The Morgan fingerprint density at radius 2 is 1.80 bits per heavy atom. The zero-order chi connectivity index (χ0) is 18.1. The van der Waals surface area contributed by atoms with Gasteiger partial charge < -0.3 is 14.8 Å². The molecular weight excluding hydrogens is 324 g/mol. The normalized spacial score (nSPS) is 9.48. The maximum Gasteiger partial charge on any atom is 0.269 e. The average Bonchev–Trinajstić information content (AvgIpc) is 2.64. The Kier molecular flexibility index (Phi) is 6.37. The molecule has 7 heteroatoms. The maximum atomic E-state index is 11.9. The number of amides is 1. The Morgan fingerprint density at radius 3 is 2.44 bits per heavy atom. The molecule has 0 aliphatic heterocycles. The van der Waals surface area contributed by atoms with Gasteiger partial charge in [-0.1, -0.05) is 24.0 Å². The van der Waals surface area contributed by atoms with Crippen LogP contribution in [0.2, 0.25) is 0 Å². The van der Waals surface area contributed by atoms with E-state index in [1.54, 1.807) is 19.2 Å². The Balaban J connectivity index is 1.78. The standard InChI is InChI=1S/C18H16N2O5/c1-24-16-6-2-3-7-17(16)25-13-5-4-12-19-18(21)14-8-10-15(11-9-14)20(22)23/h2-3,6-11H,12-13H2,1H3,(H,19,21). The fourth-order valence-corrected chi connectivity index (χ4v) is 1.93. The van der Waals surface area contributed by atoms with Gasteiger partial charge in [-0.2, -0.15) is 0 Å². The molecule has 0 unspecified atom stereocenters. The van der Waals surface area contributed by atoms with Crippen LogP contribution < -0.4 is 14.8 Å². The minimum Gasteiger partial charge on any atom is -0.493 e. The van der Waals surface area contributed by atoms with Crippen molar-refractivity contribution < 1.29 is 19.2 Å². The van der Waals surface area contributed by atoms with Crippen molar-refractivity contribution >= 4 is 11.6 Å². The van der Waals surface area contributed by atoms with Crippen molar-refractivity contribution in [2.24, 2.45) is 0 Å². The highest BCUT2D eigenvalue weighted by molar-refractivity contribution is 5.94. The second-order valence-electron chi connectivity index (χ2n) is 4.78. The van der Waals surface area contributed by atoms with Crippen LogP contribution in [0.4, 0.5) is 5.69 Å². The van der Waals surface area contributed by atoms with Gasteiger partial charge in [-0.05, 0) is 24.3 Å². The Bertz CT molecular complexity index is 806. The molecule has 7 nitrogen and oxygen atoms in total. The van der Waals surface area contributed by atoms with Gasteiger partial charge in [-0.3, -0.25) is 14.9 Å². The largest absolute Gasteiger partial charge is 0.493 e. The highest BCUT2D eigenvalue weighted by Crippen LogP contribution is 2.25. The molecule has 1 N–H and O–H groups in total. The van der Waals surface area contributed by atoms with Gasteiger partial charge in [0.1, 0.15) is 6.61 Å². The summed E-state index contributed by atoms with van der Waals surface area (Å²) >= 11 is 0. The van der Waals surface area contributed by atoms with Gasteiger partial charge >= 0.3 is 0 Å². The van der Waals surface area contributed by atoms with Gasteiger partial charge in [-0.15, -0.1) is 0 Å². The molecule has 0 spiro atoms. The minimum absolute atomic E-state index is 0.0650. The van der Waals surface area contributed by atoms with E-state index in [2.05, 4.69) is 17.2 Å². The molecule has 2 aromatic rings. The predicted molar refractivity (Wildman–Crippen MR) is 91.7 cm³/mol. The smallest absolute Gasteiger partial charge is 0.269 e. The summed E-state index contributed by atoms with van der Waals surface area (Å²) in [5.41, 5.74) is 0.266. The summed E-state index contributed by atoms with van der Waals surface area (Å²) in [6.45, 7) is 0.304. The van der Waals surface area contributed by atoms with Crippen molar-refractivity contribution in [2.75, 3.05) is 20.3 Å². The van der Waals surface area contributed by atoms with Gasteiger partial charge in [0.15, 0.2) is 11.5 Å². The lowest BCUT2D eigenvalue weighted by Gasteiger charge is -2.07. The summed E-state index contributed by atoms with van der Waals surface area (Å²) in [5.74, 6) is 6.41. The van der Waals surface area contributed by atoms with Crippen molar-refractivity contribution in [2.45, 2.75) is 0 Å². The number of nitrogens with one attached hydrogen (secondary N) is 1. The number of rotatable bonds is 6. The number of non-ortho nitro benzene ring substituents is 1. The monoisotopic (exact) mass is 340 g/mol. The van der Waals surface area contributed by atoms with E-state index in [1.807, 2.05) is 12.1 Å². The van der Waals surface area contributed by atoms with Crippen molar-refractivity contribution in [3.05, 3.63) is 64.2 Å². The first-order valence-electron chi connectivity index (χ1n) is 7.36. The third kappa shape index (κ3) is 5.25. The van der Waals surface area contributed by atoms with Crippen molar-refractivity contribution in [3.8, 4) is 23.3 Å². The molecule has 0 atom stereocenters.